The Morgan fingerprint density at radius 3 is 2.69 bits per heavy atom. The van der Waals surface area contributed by atoms with Crippen LogP contribution in [0.5, 0.6) is 0 Å². The molecular weight excluding hydrogens is 200 g/mol. The van der Waals surface area contributed by atoms with E-state index in [0.29, 0.717) is 12.1 Å². The number of rotatable bonds is 5. The Morgan fingerprint density at radius 2 is 2.19 bits per heavy atom. The Bertz CT molecular complexity index is 200. The van der Waals surface area contributed by atoms with Gasteiger partial charge in [-0.1, -0.05) is 13.3 Å². The molecule has 1 heterocycles. The fraction of sp³-hybridized carbons (Fsp3) is 1.00. The fourth-order valence-electron chi connectivity index (χ4n) is 2.76. The normalized spacial score (nSPS) is 27.9. The molecule has 3 nitrogen and oxygen atoms in total. The number of likely N-dealkylation sites (N-methyl/N-ethyl adjacent to an activating group) is 1. The van der Waals surface area contributed by atoms with Crippen LogP contribution in [0.4, 0.5) is 0 Å². The monoisotopic (exact) mass is 228 g/mol. The molecule has 1 N–H and O–H groups in total. The lowest BCUT2D eigenvalue weighted by Crippen LogP contribution is -2.56. The van der Waals surface area contributed by atoms with Gasteiger partial charge in [-0.3, -0.25) is 4.90 Å². The molecule has 16 heavy (non-hydrogen) atoms. The van der Waals surface area contributed by atoms with Crippen LogP contribution in [-0.2, 0) is 4.74 Å². The Kier molecular flexibility index (Phi) is 5.22. The minimum atomic E-state index is -0.00258. The lowest BCUT2D eigenvalue weighted by molar-refractivity contribution is -0.138. The van der Waals surface area contributed by atoms with Gasteiger partial charge >= 0.3 is 0 Å². The van der Waals surface area contributed by atoms with Crippen molar-refractivity contribution in [3.8, 4) is 0 Å². The van der Waals surface area contributed by atoms with Crippen molar-refractivity contribution in [2.45, 2.75) is 58.3 Å². The molecule has 3 heteroatoms. The predicted molar refractivity (Wildman–Crippen MR) is 68.8 cm³/mol. The summed E-state index contributed by atoms with van der Waals surface area (Å²) in [5.74, 6) is 0. The van der Waals surface area contributed by atoms with Gasteiger partial charge in [-0.15, -0.1) is 0 Å². The quantitative estimate of drug-likeness (QED) is 0.777. The van der Waals surface area contributed by atoms with Crippen LogP contribution in [0, 0.1) is 0 Å². The molecule has 1 rings (SSSR count). The molecular formula is C13H28N2O. The summed E-state index contributed by atoms with van der Waals surface area (Å²) < 4.78 is 5.95. The maximum Gasteiger partial charge on any atom is 0.0757 e. The van der Waals surface area contributed by atoms with E-state index in [9.17, 15) is 0 Å². The van der Waals surface area contributed by atoms with Crippen molar-refractivity contribution in [1.29, 1.82) is 0 Å². The molecule has 0 aromatic heterocycles. The molecule has 1 aliphatic rings. The van der Waals surface area contributed by atoms with Crippen molar-refractivity contribution in [1.82, 2.24) is 10.2 Å². The van der Waals surface area contributed by atoms with Gasteiger partial charge in [0.15, 0.2) is 0 Å². The van der Waals surface area contributed by atoms with Crippen LogP contribution >= 0.6 is 0 Å². The minimum Gasteiger partial charge on any atom is -0.370 e. The zero-order chi connectivity index (χ0) is 12.2. The van der Waals surface area contributed by atoms with E-state index < -0.39 is 0 Å². The number of hydrogen-bond donors (Lipinski definition) is 1. The molecule has 0 aliphatic carbocycles. The molecule has 0 radical (unpaired) electrons. The molecule has 1 fully saturated rings. The molecule has 0 aromatic carbocycles. The van der Waals surface area contributed by atoms with Crippen molar-refractivity contribution in [3.63, 3.8) is 0 Å². The maximum atomic E-state index is 5.95. The Hall–Kier alpha value is -0.120. The molecule has 0 amide bonds. The van der Waals surface area contributed by atoms with E-state index in [4.69, 9.17) is 4.74 Å². The number of nitrogens with one attached hydrogen (secondary N) is 1. The molecule has 1 saturated heterocycles. The predicted octanol–water partition coefficient (Wildman–Crippen LogP) is 1.87. The molecule has 2 atom stereocenters. The van der Waals surface area contributed by atoms with Crippen LogP contribution in [0.2, 0.25) is 0 Å². The maximum absolute atomic E-state index is 5.95. The van der Waals surface area contributed by atoms with E-state index in [1.165, 1.54) is 12.8 Å². The van der Waals surface area contributed by atoms with Crippen molar-refractivity contribution in [2.75, 3.05) is 26.7 Å². The number of hydrogen-bond acceptors (Lipinski definition) is 3. The van der Waals surface area contributed by atoms with E-state index in [1.807, 2.05) is 7.05 Å². The summed E-state index contributed by atoms with van der Waals surface area (Å²) in [5, 5.41) is 3.31. The summed E-state index contributed by atoms with van der Waals surface area (Å²) in [6, 6.07) is 0.653. The van der Waals surface area contributed by atoms with Crippen LogP contribution < -0.4 is 5.32 Å². The lowest BCUT2D eigenvalue weighted by atomic mass is 10.0. The number of morpholine rings is 1. The van der Waals surface area contributed by atoms with Crippen molar-refractivity contribution >= 4 is 0 Å². The van der Waals surface area contributed by atoms with Crippen molar-refractivity contribution in [3.05, 3.63) is 0 Å². The van der Waals surface area contributed by atoms with E-state index in [2.05, 4.69) is 37.9 Å². The zero-order valence-electron chi connectivity index (χ0n) is 11.5. The van der Waals surface area contributed by atoms with Crippen LogP contribution in [-0.4, -0.2) is 49.3 Å². The van der Waals surface area contributed by atoms with E-state index in [1.54, 1.807) is 0 Å². The molecule has 0 saturated carbocycles. The lowest BCUT2D eigenvalue weighted by Gasteiger charge is -2.45. The average molecular weight is 228 g/mol. The van der Waals surface area contributed by atoms with Crippen LogP contribution in [0.3, 0.4) is 0 Å². The summed E-state index contributed by atoms with van der Waals surface area (Å²) in [4.78, 5) is 2.59. The highest BCUT2D eigenvalue weighted by atomic mass is 16.5. The molecule has 2 unspecified atom stereocenters. The van der Waals surface area contributed by atoms with Crippen molar-refractivity contribution in [2.24, 2.45) is 0 Å². The molecule has 0 spiro atoms. The standard InChI is InChI=1S/C13H28N2O/c1-6-7-12(8-14-5)15-9-11(2)16-13(3,4)10-15/h11-12,14H,6-10H2,1-5H3. The van der Waals surface area contributed by atoms with Gasteiger partial charge in [0.05, 0.1) is 11.7 Å². The molecule has 1 aliphatic heterocycles. The highest BCUT2D eigenvalue weighted by Crippen LogP contribution is 2.23. The van der Waals surface area contributed by atoms with Gasteiger partial charge in [-0.05, 0) is 34.2 Å². The summed E-state index contributed by atoms with van der Waals surface area (Å²) in [6.45, 7) is 12.0. The molecule has 0 bridgehead atoms. The van der Waals surface area contributed by atoms with E-state index >= 15 is 0 Å². The summed E-state index contributed by atoms with van der Waals surface area (Å²) in [6.07, 6.45) is 2.86. The first-order valence-corrected chi connectivity index (χ1v) is 6.55. The van der Waals surface area contributed by atoms with Gasteiger partial charge < -0.3 is 10.1 Å². The minimum absolute atomic E-state index is 0.00258. The zero-order valence-corrected chi connectivity index (χ0v) is 11.5. The second-order valence-electron chi connectivity index (χ2n) is 5.62. The van der Waals surface area contributed by atoms with Gasteiger partial charge in [0.2, 0.25) is 0 Å². The van der Waals surface area contributed by atoms with Gasteiger partial charge in [0, 0.05) is 25.7 Å². The summed E-state index contributed by atoms with van der Waals surface area (Å²) in [5.41, 5.74) is -0.00258. The fourth-order valence-corrected chi connectivity index (χ4v) is 2.76. The largest absolute Gasteiger partial charge is 0.370 e. The molecule has 0 aromatic rings. The van der Waals surface area contributed by atoms with Crippen LogP contribution in [0.1, 0.15) is 40.5 Å². The Morgan fingerprint density at radius 1 is 1.50 bits per heavy atom. The van der Waals surface area contributed by atoms with Crippen molar-refractivity contribution < 1.29 is 4.74 Å². The Balaban J connectivity index is 2.61. The van der Waals surface area contributed by atoms with Crippen LogP contribution in [0.25, 0.3) is 0 Å². The second-order valence-corrected chi connectivity index (χ2v) is 5.62. The molecule has 96 valence electrons. The Labute approximate surface area is 101 Å². The van der Waals surface area contributed by atoms with Gasteiger partial charge in [0.25, 0.3) is 0 Å². The topological polar surface area (TPSA) is 24.5 Å². The second kappa shape index (κ2) is 5.99. The van der Waals surface area contributed by atoms with Gasteiger partial charge in [-0.25, -0.2) is 0 Å². The van der Waals surface area contributed by atoms with Gasteiger partial charge in [0.1, 0.15) is 0 Å². The van der Waals surface area contributed by atoms with E-state index in [-0.39, 0.29) is 5.60 Å². The highest BCUT2D eigenvalue weighted by Gasteiger charge is 2.34. The number of nitrogens with zero attached hydrogens (tertiary/aromatic N) is 1. The number of ether oxygens (including phenoxy) is 1. The summed E-state index contributed by atoms with van der Waals surface area (Å²) >= 11 is 0. The third-order valence-corrected chi connectivity index (χ3v) is 3.17. The first-order valence-electron chi connectivity index (χ1n) is 6.55. The smallest absolute Gasteiger partial charge is 0.0757 e. The average Bonchev–Trinajstić information content (AvgIpc) is 2.14. The van der Waals surface area contributed by atoms with Gasteiger partial charge in [-0.2, -0.15) is 0 Å². The van der Waals surface area contributed by atoms with Crippen LogP contribution in [0.15, 0.2) is 0 Å². The highest BCUT2D eigenvalue weighted by molar-refractivity contribution is 4.86. The SMILES string of the molecule is CCCC(CNC)N1CC(C)OC(C)(C)C1. The van der Waals surface area contributed by atoms with E-state index in [0.717, 1.165) is 19.6 Å². The first kappa shape index (κ1) is 13.9. The summed E-state index contributed by atoms with van der Waals surface area (Å²) in [7, 11) is 2.04. The third kappa shape index (κ3) is 4.04. The first-order chi connectivity index (χ1) is 7.48. The third-order valence-electron chi connectivity index (χ3n) is 3.17.